The van der Waals surface area contributed by atoms with Crippen LogP contribution in [0.5, 0.6) is 0 Å². The largest absolute Gasteiger partial charge is 0.381 e. The standard InChI is InChI=1S/C8H14N4O2/c1-12(8(13)6-10-11-9)7-2-4-14-5-3-7/h7H,2-6H2,1H3. The molecule has 1 rings (SSSR count). The van der Waals surface area contributed by atoms with E-state index < -0.39 is 0 Å². The second-order valence-electron chi connectivity index (χ2n) is 3.24. The Morgan fingerprint density at radius 3 is 2.86 bits per heavy atom. The lowest BCUT2D eigenvalue weighted by Crippen LogP contribution is -2.41. The van der Waals surface area contributed by atoms with Crippen molar-refractivity contribution in [3.8, 4) is 0 Å². The zero-order valence-corrected chi connectivity index (χ0v) is 8.22. The van der Waals surface area contributed by atoms with Crippen LogP contribution >= 0.6 is 0 Å². The first-order chi connectivity index (χ1) is 6.75. The molecule has 0 unspecified atom stereocenters. The molecule has 1 fully saturated rings. The Morgan fingerprint density at radius 2 is 2.29 bits per heavy atom. The third kappa shape index (κ3) is 2.90. The summed E-state index contributed by atoms with van der Waals surface area (Å²) in [4.78, 5) is 15.6. The van der Waals surface area contributed by atoms with Gasteiger partial charge in [-0.2, -0.15) is 0 Å². The van der Waals surface area contributed by atoms with E-state index in [2.05, 4.69) is 10.0 Å². The molecule has 1 aliphatic heterocycles. The number of ether oxygens (including phenoxy) is 1. The number of hydrogen-bond donors (Lipinski definition) is 0. The van der Waals surface area contributed by atoms with Crippen molar-refractivity contribution in [2.45, 2.75) is 18.9 Å². The summed E-state index contributed by atoms with van der Waals surface area (Å²) in [5.74, 6) is -0.130. The topological polar surface area (TPSA) is 78.3 Å². The molecule has 6 heteroatoms. The highest BCUT2D eigenvalue weighted by molar-refractivity contribution is 5.78. The van der Waals surface area contributed by atoms with E-state index in [1.807, 2.05) is 0 Å². The van der Waals surface area contributed by atoms with E-state index in [4.69, 9.17) is 10.3 Å². The zero-order chi connectivity index (χ0) is 10.4. The predicted molar refractivity (Wildman–Crippen MR) is 50.6 cm³/mol. The SMILES string of the molecule is CN(C(=O)CN=[N+]=[N-])C1CCOCC1. The van der Waals surface area contributed by atoms with Gasteiger partial charge in [-0.3, -0.25) is 4.79 Å². The molecule has 0 bridgehead atoms. The number of amides is 1. The van der Waals surface area contributed by atoms with Crippen LogP contribution in [-0.4, -0.2) is 43.7 Å². The summed E-state index contributed by atoms with van der Waals surface area (Å²) in [7, 11) is 1.74. The lowest BCUT2D eigenvalue weighted by Gasteiger charge is -2.30. The Labute approximate surface area is 82.5 Å². The molecule has 14 heavy (non-hydrogen) atoms. The van der Waals surface area contributed by atoms with Gasteiger partial charge < -0.3 is 9.64 Å². The Balaban J connectivity index is 2.41. The predicted octanol–water partition coefficient (Wildman–Crippen LogP) is 0.934. The maximum atomic E-state index is 11.4. The average molecular weight is 198 g/mol. The molecule has 1 heterocycles. The molecule has 0 spiro atoms. The van der Waals surface area contributed by atoms with Gasteiger partial charge in [0.05, 0.1) is 0 Å². The van der Waals surface area contributed by atoms with Crippen molar-refractivity contribution in [1.29, 1.82) is 0 Å². The quantitative estimate of drug-likeness (QED) is 0.384. The van der Waals surface area contributed by atoms with E-state index in [9.17, 15) is 4.79 Å². The Kier molecular flexibility index (Phi) is 4.22. The van der Waals surface area contributed by atoms with Gasteiger partial charge in [-0.05, 0) is 18.4 Å². The molecule has 0 aromatic carbocycles. The van der Waals surface area contributed by atoms with Gasteiger partial charge in [0.2, 0.25) is 5.91 Å². The minimum absolute atomic E-state index is 0.0929. The fraction of sp³-hybridized carbons (Fsp3) is 0.875. The minimum Gasteiger partial charge on any atom is -0.381 e. The van der Waals surface area contributed by atoms with Gasteiger partial charge >= 0.3 is 0 Å². The van der Waals surface area contributed by atoms with Crippen LogP contribution in [0.15, 0.2) is 5.11 Å². The van der Waals surface area contributed by atoms with Gasteiger partial charge in [-0.25, -0.2) is 0 Å². The normalized spacial score (nSPS) is 17.2. The first-order valence-electron chi connectivity index (χ1n) is 4.60. The number of nitrogens with zero attached hydrogens (tertiary/aromatic N) is 4. The first kappa shape index (κ1) is 10.8. The minimum atomic E-state index is -0.130. The highest BCUT2D eigenvalue weighted by Crippen LogP contribution is 2.12. The molecule has 0 aromatic rings. The van der Waals surface area contributed by atoms with Crippen molar-refractivity contribution in [3.05, 3.63) is 10.4 Å². The van der Waals surface area contributed by atoms with Crippen molar-refractivity contribution in [2.75, 3.05) is 26.8 Å². The molecular formula is C8H14N4O2. The summed E-state index contributed by atoms with van der Waals surface area (Å²) in [6, 6.07) is 0.227. The van der Waals surface area contributed by atoms with E-state index in [1.165, 1.54) is 0 Å². The molecule has 0 N–H and O–H groups in total. The zero-order valence-electron chi connectivity index (χ0n) is 8.22. The number of hydrogen-bond acceptors (Lipinski definition) is 3. The third-order valence-electron chi connectivity index (χ3n) is 2.40. The summed E-state index contributed by atoms with van der Waals surface area (Å²) < 4.78 is 5.19. The van der Waals surface area contributed by atoms with Crippen molar-refractivity contribution < 1.29 is 9.53 Å². The fourth-order valence-corrected chi connectivity index (χ4v) is 1.48. The van der Waals surface area contributed by atoms with Crippen molar-refractivity contribution in [1.82, 2.24) is 4.90 Å². The summed E-state index contributed by atoms with van der Waals surface area (Å²) in [6.45, 7) is 1.30. The van der Waals surface area contributed by atoms with Crippen LogP contribution in [0.1, 0.15) is 12.8 Å². The number of azide groups is 1. The third-order valence-corrected chi connectivity index (χ3v) is 2.40. The molecule has 0 radical (unpaired) electrons. The Bertz CT molecular complexity index is 244. The summed E-state index contributed by atoms with van der Waals surface area (Å²) in [6.07, 6.45) is 1.72. The van der Waals surface area contributed by atoms with Crippen LogP contribution in [0, 0.1) is 0 Å². The molecule has 1 amide bonds. The average Bonchev–Trinajstić information content (AvgIpc) is 2.26. The van der Waals surface area contributed by atoms with Crippen molar-refractivity contribution in [3.63, 3.8) is 0 Å². The van der Waals surface area contributed by atoms with Gasteiger partial charge in [-0.15, -0.1) is 0 Å². The van der Waals surface area contributed by atoms with Gasteiger partial charge in [0.15, 0.2) is 0 Å². The molecule has 0 aromatic heterocycles. The molecule has 1 saturated heterocycles. The van der Waals surface area contributed by atoms with Crippen LogP contribution in [0.3, 0.4) is 0 Å². The lowest BCUT2D eigenvalue weighted by molar-refractivity contribution is -0.132. The number of carbonyl (C=O) groups excluding carboxylic acids is 1. The fourth-order valence-electron chi connectivity index (χ4n) is 1.48. The number of rotatable bonds is 3. The maximum Gasteiger partial charge on any atom is 0.228 e. The van der Waals surface area contributed by atoms with Crippen molar-refractivity contribution in [2.24, 2.45) is 5.11 Å². The first-order valence-corrected chi connectivity index (χ1v) is 4.60. The molecule has 78 valence electrons. The summed E-state index contributed by atoms with van der Waals surface area (Å²) >= 11 is 0. The summed E-state index contributed by atoms with van der Waals surface area (Å²) in [5, 5.41) is 3.25. The van der Waals surface area contributed by atoms with E-state index in [0.717, 1.165) is 12.8 Å². The van der Waals surface area contributed by atoms with Gasteiger partial charge in [0, 0.05) is 31.2 Å². The second-order valence-corrected chi connectivity index (χ2v) is 3.24. The Hall–Kier alpha value is -1.26. The van der Waals surface area contributed by atoms with Gasteiger partial charge in [0.25, 0.3) is 0 Å². The summed E-state index contributed by atoms with van der Waals surface area (Å²) in [5.41, 5.74) is 8.07. The maximum absolute atomic E-state index is 11.4. The molecular weight excluding hydrogens is 184 g/mol. The van der Waals surface area contributed by atoms with Gasteiger partial charge in [-0.1, -0.05) is 5.11 Å². The molecule has 0 saturated carbocycles. The van der Waals surface area contributed by atoms with E-state index in [-0.39, 0.29) is 18.5 Å². The van der Waals surface area contributed by atoms with Gasteiger partial charge in [0.1, 0.15) is 6.54 Å². The van der Waals surface area contributed by atoms with Crippen LogP contribution in [0.4, 0.5) is 0 Å². The lowest BCUT2D eigenvalue weighted by atomic mass is 10.1. The molecule has 1 aliphatic rings. The second kappa shape index (κ2) is 5.47. The molecule has 0 atom stereocenters. The number of carbonyl (C=O) groups is 1. The van der Waals surface area contributed by atoms with E-state index in [0.29, 0.717) is 13.2 Å². The highest BCUT2D eigenvalue weighted by atomic mass is 16.5. The molecule has 0 aliphatic carbocycles. The van der Waals surface area contributed by atoms with Crippen LogP contribution in [0.25, 0.3) is 10.4 Å². The molecule has 6 nitrogen and oxygen atoms in total. The van der Waals surface area contributed by atoms with E-state index in [1.54, 1.807) is 11.9 Å². The number of likely N-dealkylation sites (N-methyl/N-ethyl adjacent to an activating group) is 1. The smallest absolute Gasteiger partial charge is 0.228 e. The van der Waals surface area contributed by atoms with Crippen molar-refractivity contribution >= 4 is 5.91 Å². The monoisotopic (exact) mass is 198 g/mol. The van der Waals surface area contributed by atoms with E-state index >= 15 is 0 Å². The van der Waals surface area contributed by atoms with Crippen LogP contribution in [-0.2, 0) is 9.53 Å². The van der Waals surface area contributed by atoms with Crippen LogP contribution < -0.4 is 0 Å². The highest BCUT2D eigenvalue weighted by Gasteiger charge is 2.21. The van der Waals surface area contributed by atoms with Crippen LogP contribution in [0.2, 0.25) is 0 Å². The Morgan fingerprint density at radius 1 is 1.64 bits per heavy atom.